The zero-order valence-electron chi connectivity index (χ0n) is 12.3. The number of hydrogen-bond acceptors (Lipinski definition) is 5. The predicted molar refractivity (Wildman–Crippen MR) is 78.2 cm³/mol. The van der Waals surface area contributed by atoms with Gasteiger partial charge in [0.05, 0.1) is 0 Å². The molecule has 1 fully saturated rings. The molecule has 0 atom stereocenters. The van der Waals surface area contributed by atoms with Crippen LogP contribution >= 0.6 is 0 Å². The molecule has 5 nitrogen and oxygen atoms in total. The molecule has 2 heterocycles. The fraction of sp³-hybridized carbons (Fsp3) is 0.714. The van der Waals surface area contributed by atoms with Crippen molar-refractivity contribution in [3.8, 4) is 0 Å². The maximum absolute atomic E-state index is 5.64. The average Bonchev–Trinajstić information content (AvgIpc) is 2.39. The van der Waals surface area contributed by atoms with Crippen molar-refractivity contribution in [1.29, 1.82) is 0 Å². The van der Waals surface area contributed by atoms with Gasteiger partial charge in [-0.15, -0.1) is 0 Å². The highest BCUT2D eigenvalue weighted by Crippen LogP contribution is 2.14. The molecular formula is C14H25N5. The first kappa shape index (κ1) is 14.2. The molecule has 0 bridgehead atoms. The van der Waals surface area contributed by atoms with Crippen molar-refractivity contribution in [1.82, 2.24) is 14.9 Å². The summed E-state index contributed by atoms with van der Waals surface area (Å²) in [7, 11) is 0. The molecule has 5 heteroatoms. The molecule has 1 aromatic rings. The molecule has 2 N–H and O–H groups in total. The summed E-state index contributed by atoms with van der Waals surface area (Å²) in [5, 5.41) is 0. The number of nitrogens with two attached hydrogens (primary N) is 1. The van der Waals surface area contributed by atoms with Crippen LogP contribution in [0.2, 0.25) is 0 Å². The smallest absolute Gasteiger partial charge is 0.225 e. The highest BCUT2D eigenvalue weighted by molar-refractivity contribution is 5.33. The van der Waals surface area contributed by atoms with Crippen molar-refractivity contribution < 1.29 is 0 Å². The molecule has 0 radical (unpaired) electrons. The first-order chi connectivity index (χ1) is 9.10. The van der Waals surface area contributed by atoms with Crippen LogP contribution in [0.15, 0.2) is 6.20 Å². The van der Waals surface area contributed by atoms with Gasteiger partial charge in [0, 0.05) is 56.7 Å². The third-order valence-corrected chi connectivity index (χ3v) is 3.57. The van der Waals surface area contributed by atoms with Gasteiger partial charge >= 0.3 is 0 Å². The zero-order chi connectivity index (χ0) is 13.8. The highest BCUT2D eigenvalue weighted by Gasteiger charge is 2.19. The lowest BCUT2D eigenvalue weighted by Crippen LogP contribution is -2.48. The van der Waals surface area contributed by atoms with E-state index < -0.39 is 0 Å². The number of piperazine rings is 1. The van der Waals surface area contributed by atoms with Gasteiger partial charge < -0.3 is 10.6 Å². The Morgan fingerprint density at radius 3 is 2.47 bits per heavy atom. The number of aryl methyl sites for hydroxylation is 1. The van der Waals surface area contributed by atoms with Gasteiger partial charge in [-0.25, -0.2) is 9.97 Å². The highest BCUT2D eigenvalue weighted by atomic mass is 15.3. The van der Waals surface area contributed by atoms with Crippen LogP contribution in [0.25, 0.3) is 0 Å². The Labute approximate surface area is 115 Å². The number of hydrogen-bond donors (Lipinski definition) is 1. The molecule has 1 aliphatic rings. The second-order valence-corrected chi connectivity index (χ2v) is 5.67. The minimum Gasteiger partial charge on any atom is -0.338 e. The van der Waals surface area contributed by atoms with Gasteiger partial charge in [-0.1, -0.05) is 13.8 Å². The summed E-state index contributed by atoms with van der Waals surface area (Å²) in [5.41, 5.74) is 7.67. The van der Waals surface area contributed by atoms with E-state index in [1.165, 1.54) is 6.54 Å². The molecule has 1 aliphatic heterocycles. The quantitative estimate of drug-likeness (QED) is 0.879. The monoisotopic (exact) mass is 263 g/mol. The maximum atomic E-state index is 5.64. The van der Waals surface area contributed by atoms with Gasteiger partial charge in [0.25, 0.3) is 0 Å². The predicted octanol–water partition coefficient (Wildman–Crippen LogP) is 1.02. The minimum absolute atomic E-state index is 0.508. The van der Waals surface area contributed by atoms with Crippen LogP contribution in [-0.2, 0) is 6.54 Å². The topological polar surface area (TPSA) is 58.3 Å². The molecule has 2 rings (SSSR count). The van der Waals surface area contributed by atoms with E-state index in [1.54, 1.807) is 0 Å². The molecule has 19 heavy (non-hydrogen) atoms. The summed E-state index contributed by atoms with van der Waals surface area (Å²) >= 11 is 0. The molecule has 0 saturated carbocycles. The number of rotatable bonds is 4. The van der Waals surface area contributed by atoms with Gasteiger partial charge in [-0.3, -0.25) is 4.90 Å². The van der Waals surface area contributed by atoms with Crippen molar-refractivity contribution in [3.05, 3.63) is 17.5 Å². The summed E-state index contributed by atoms with van der Waals surface area (Å²) in [5.74, 6) is 1.58. The van der Waals surface area contributed by atoms with Crippen LogP contribution in [0.4, 0.5) is 5.95 Å². The van der Waals surface area contributed by atoms with E-state index in [1.807, 2.05) is 13.1 Å². The molecule has 1 saturated heterocycles. The second kappa shape index (κ2) is 6.30. The lowest BCUT2D eigenvalue weighted by molar-refractivity contribution is 0.230. The zero-order valence-corrected chi connectivity index (χ0v) is 12.3. The van der Waals surface area contributed by atoms with E-state index in [0.29, 0.717) is 6.54 Å². The lowest BCUT2D eigenvalue weighted by atomic mass is 10.2. The third-order valence-electron chi connectivity index (χ3n) is 3.57. The Bertz CT molecular complexity index is 410. The molecule has 106 valence electrons. The third kappa shape index (κ3) is 3.64. The summed E-state index contributed by atoms with van der Waals surface area (Å²) in [6.07, 6.45) is 1.86. The molecular weight excluding hydrogens is 238 g/mol. The van der Waals surface area contributed by atoms with Crippen LogP contribution < -0.4 is 10.6 Å². The first-order valence-corrected chi connectivity index (χ1v) is 7.10. The van der Waals surface area contributed by atoms with Crippen LogP contribution in [0.5, 0.6) is 0 Å². The van der Waals surface area contributed by atoms with Gasteiger partial charge in [0.15, 0.2) is 0 Å². The fourth-order valence-corrected chi connectivity index (χ4v) is 2.48. The van der Waals surface area contributed by atoms with Crippen molar-refractivity contribution in [3.63, 3.8) is 0 Å². The summed E-state index contributed by atoms with van der Waals surface area (Å²) in [6.45, 7) is 12.4. The van der Waals surface area contributed by atoms with Crippen molar-refractivity contribution in [2.24, 2.45) is 11.7 Å². The van der Waals surface area contributed by atoms with E-state index in [4.69, 9.17) is 5.73 Å². The fourth-order valence-electron chi connectivity index (χ4n) is 2.48. The van der Waals surface area contributed by atoms with Gasteiger partial charge in [-0.05, 0) is 12.8 Å². The summed E-state index contributed by atoms with van der Waals surface area (Å²) in [4.78, 5) is 13.8. The summed E-state index contributed by atoms with van der Waals surface area (Å²) in [6, 6.07) is 0. The van der Waals surface area contributed by atoms with E-state index in [-0.39, 0.29) is 0 Å². The van der Waals surface area contributed by atoms with E-state index in [2.05, 4.69) is 33.6 Å². The first-order valence-electron chi connectivity index (χ1n) is 7.10. The Morgan fingerprint density at radius 2 is 1.95 bits per heavy atom. The largest absolute Gasteiger partial charge is 0.338 e. The van der Waals surface area contributed by atoms with Gasteiger partial charge in [0.1, 0.15) is 0 Å². The molecule has 0 aromatic carbocycles. The van der Waals surface area contributed by atoms with Gasteiger partial charge in [0.2, 0.25) is 5.95 Å². The van der Waals surface area contributed by atoms with Crippen LogP contribution in [0.3, 0.4) is 0 Å². The molecule has 0 aliphatic carbocycles. The Balaban J connectivity index is 1.96. The van der Waals surface area contributed by atoms with Crippen molar-refractivity contribution >= 4 is 5.95 Å². The normalized spacial score (nSPS) is 17.2. The standard InChI is InChI=1S/C14H25N5/c1-11(2)10-18-4-6-19(7-5-18)14-16-9-13(8-15)12(3)17-14/h9,11H,4-8,10,15H2,1-3H3. The number of aromatic nitrogens is 2. The SMILES string of the molecule is Cc1nc(N2CCN(CC(C)C)CC2)ncc1CN. The number of anilines is 1. The van der Waals surface area contributed by atoms with E-state index in [0.717, 1.165) is 49.3 Å². The number of nitrogens with zero attached hydrogens (tertiary/aromatic N) is 4. The van der Waals surface area contributed by atoms with Crippen molar-refractivity contribution in [2.45, 2.75) is 27.3 Å². The Morgan fingerprint density at radius 1 is 1.26 bits per heavy atom. The van der Waals surface area contributed by atoms with Crippen molar-refractivity contribution in [2.75, 3.05) is 37.6 Å². The Hall–Kier alpha value is -1.20. The van der Waals surface area contributed by atoms with Crippen LogP contribution in [-0.4, -0.2) is 47.6 Å². The Kier molecular flexibility index (Phi) is 4.71. The molecule has 0 unspecified atom stereocenters. The maximum Gasteiger partial charge on any atom is 0.225 e. The minimum atomic E-state index is 0.508. The lowest BCUT2D eigenvalue weighted by Gasteiger charge is -2.35. The molecule has 1 aromatic heterocycles. The van der Waals surface area contributed by atoms with E-state index in [9.17, 15) is 0 Å². The van der Waals surface area contributed by atoms with Crippen LogP contribution in [0, 0.1) is 12.8 Å². The summed E-state index contributed by atoms with van der Waals surface area (Å²) < 4.78 is 0. The van der Waals surface area contributed by atoms with E-state index >= 15 is 0 Å². The van der Waals surface area contributed by atoms with Crippen LogP contribution in [0.1, 0.15) is 25.1 Å². The molecule has 0 amide bonds. The average molecular weight is 263 g/mol. The molecule has 0 spiro atoms. The van der Waals surface area contributed by atoms with Gasteiger partial charge in [-0.2, -0.15) is 0 Å². The second-order valence-electron chi connectivity index (χ2n) is 5.67.